The number of hydrogen-bond donors (Lipinski definition) is 1. The molecule has 0 bridgehead atoms. The smallest absolute Gasteiger partial charge is 0.177 e. The predicted molar refractivity (Wildman–Crippen MR) is 90.7 cm³/mol. The van der Waals surface area contributed by atoms with Gasteiger partial charge in [-0.25, -0.2) is 12.8 Å². The summed E-state index contributed by atoms with van der Waals surface area (Å²) in [4.78, 5) is 2.14. The van der Waals surface area contributed by atoms with E-state index < -0.39 is 9.84 Å². The van der Waals surface area contributed by atoms with Gasteiger partial charge in [-0.15, -0.1) is 0 Å². The molecule has 0 heterocycles. The van der Waals surface area contributed by atoms with E-state index in [1.807, 2.05) is 25.1 Å². The van der Waals surface area contributed by atoms with Crippen LogP contribution in [-0.4, -0.2) is 33.7 Å². The molecule has 0 atom stereocenters. The van der Waals surface area contributed by atoms with Gasteiger partial charge in [0.2, 0.25) is 0 Å². The van der Waals surface area contributed by atoms with Gasteiger partial charge in [0.1, 0.15) is 5.82 Å². The molecule has 6 heteroatoms. The Bertz CT molecular complexity index is 789. The van der Waals surface area contributed by atoms with Crippen LogP contribution in [0.15, 0.2) is 47.4 Å². The summed E-state index contributed by atoms with van der Waals surface area (Å²) in [7, 11) is 0.464. The van der Waals surface area contributed by atoms with Crippen LogP contribution in [0.1, 0.15) is 11.1 Å². The molecule has 23 heavy (non-hydrogen) atoms. The molecule has 0 aliphatic heterocycles. The van der Waals surface area contributed by atoms with Crippen molar-refractivity contribution in [3.63, 3.8) is 0 Å². The number of halogens is 1. The SMILES string of the molecule is CN(C)Cc1ccc(CNc2ccccc2S(C)(=O)=O)cc1F. The maximum absolute atomic E-state index is 14.1. The summed E-state index contributed by atoms with van der Waals surface area (Å²) in [5, 5.41) is 3.07. The topological polar surface area (TPSA) is 49.4 Å². The molecular weight excluding hydrogens is 315 g/mol. The van der Waals surface area contributed by atoms with E-state index in [1.165, 1.54) is 12.3 Å². The lowest BCUT2D eigenvalue weighted by molar-refractivity contribution is 0.392. The van der Waals surface area contributed by atoms with Crippen LogP contribution in [0.5, 0.6) is 0 Å². The summed E-state index contributed by atoms with van der Waals surface area (Å²) in [6.07, 6.45) is 1.17. The fraction of sp³-hybridized carbons (Fsp3) is 0.294. The van der Waals surface area contributed by atoms with Gasteiger partial charge >= 0.3 is 0 Å². The second kappa shape index (κ2) is 7.10. The van der Waals surface area contributed by atoms with Crippen LogP contribution in [0.3, 0.4) is 0 Å². The Kier molecular flexibility index (Phi) is 5.38. The van der Waals surface area contributed by atoms with Gasteiger partial charge in [-0.2, -0.15) is 0 Å². The normalized spacial score (nSPS) is 11.7. The van der Waals surface area contributed by atoms with E-state index >= 15 is 0 Å². The number of anilines is 1. The highest BCUT2D eigenvalue weighted by Gasteiger charge is 2.12. The van der Waals surface area contributed by atoms with E-state index in [2.05, 4.69) is 5.32 Å². The maximum atomic E-state index is 14.1. The molecule has 2 aromatic carbocycles. The quantitative estimate of drug-likeness (QED) is 0.881. The van der Waals surface area contributed by atoms with Crippen LogP contribution >= 0.6 is 0 Å². The molecular formula is C17H21FN2O2S. The minimum Gasteiger partial charge on any atom is -0.380 e. The largest absolute Gasteiger partial charge is 0.380 e. The Hall–Kier alpha value is -1.92. The average Bonchev–Trinajstić information content (AvgIpc) is 2.46. The standard InChI is InChI=1S/C17H21FN2O2S/c1-20(2)12-14-9-8-13(10-15(14)18)11-19-16-6-4-5-7-17(16)23(3,21)22/h4-10,19H,11-12H2,1-3H3. The summed E-state index contributed by atoms with van der Waals surface area (Å²) < 4.78 is 37.6. The number of nitrogens with zero attached hydrogens (tertiary/aromatic N) is 1. The zero-order valence-electron chi connectivity index (χ0n) is 13.5. The fourth-order valence-corrected chi connectivity index (χ4v) is 3.17. The highest BCUT2D eigenvalue weighted by molar-refractivity contribution is 7.90. The molecule has 0 aromatic heterocycles. The first-order valence-corrected chi connectivity index (χ1v) is 9.11. The second-order valence-electron chi connectivity index (χ2n) is 5.79. The van der Waals surface area contributed by atoms with E-state index in [9.17, 15) is 12.8 Å². The third-order valence-corrected chi connectivity index (χ3v) is 4.53. The Labute approximate surface area is 136 Å². The summed E-state index contributed by atoms with van der Waals surface area (Å²) in [6.45, 7) is 0.891. The van der Waals surface area contributed by atoms with Crippen LogP contribution in [0.25, 0.3) is 0 Å². The Balaban J connectivity index is 2.15. The molecule has 0 radical (unpaired) electrons. The first-order chi connectivity index (χ1) is 10.8. The third-order valence-electron chi connectivity index (χ3n) is 3.37. The van der Waals surface area contributed by atoms with Crippen molar-refractivity contribution >= 4 is 15.5 Å². The zero-order chi connectivity index (χ0) is 17.0. The minimum atomic E-state index is -3.31. The van der Waals surface area contributed by atoms with Gasteiger partial charge in [-0.05, 0) is 37.9 Å². The molecule has 0 aliphatic carbocycles. The lowest BCUT2D eigenvalue weighted by Gasteiger charge is -2.13. The predicted octanol–water partition coefficient (Wildman–Crippen LogP) is 2.90. The highest BCUT2D eigenvalue weighted by atomic mass is 32.2. The minimum absolute atomic E-state index is 0.240. The fourth-order valence-electron chi connectivity index (χ4n) is 2.30. The van der Waals surface area contributed by atoms with Crippen LogP contribution in [-0.2, 0) is 22.9 Å². The van der Waals surface area contributed by atoms with Gasteiger partial charge in [0.25, 0.3) is 0 Å². The molecule has 0 saturated heterocycles. The van der Waals surface area contributed by atoms with Crippen molar-refractivity contribution in [2.75, 3.05) is 25.7 Å². The molecule has 4 nitrogen and oxygen atoms in total. The molecule has 1 N–H and O–H groups in total. The highest BCUT2D eigenvalue weighted by Crippen LogP contribution is 2.21. The Morgan fingerprint density at radius 1 is 1.13 bits per heavy atom. The number of nitrogens with one attached hydrogen (secondary N) is 1. The van der Waals surface area contributed by atoms with Crippen molar-refractivity contribution in [1.29, 1.82) is 0 Å². The molecule has 2 aromatic rings. The van der Waals surface area contributed by atoms with E-state index in [4.69, 9.17) is 0 Å². The van der Waals surface area contributed by atoms with Gasteiger partial charge in [0, 0.05) is 24.9 Å². The second-order valence-corrected chi connectivity index (χ2v) is 7.77. The number of hydrogen-bond acceptors (Lipinski definition) is 4. The number of sulfone groups is 1. The Morgan fingerprint density at radius 3 is 2.43 bits per heavy atom. The van der Waals surface area contributed by atoms with E-state index in [-0.39, 0.29) is 10.7 Å². The average molecular weight is 336 g/mol. The molecule has 0 aliphatic rings. The number of benzene rings is 2. The van der Waals surface area contributed by atoms with Crippen molar-refractivity contribution in [3.05, 3.63) is 59.4 Å². The van der Waals surface area contributed by atoms with E-state index in [0.29, 0.717) is 24.3 Å². The number of para-hydroxylation sites is 1. The van der Waals surface area contributed by atoms with Crippen LogP contribution in [0.2, 0.25) is 0 Å². The van der Waals surface area contributed by atoms with Crippen LogP contribution in [0.4, 0.5) is 10.1 Å². The van der Waals surface area contributed by atoms with Gasteiger partial charge in [0.05, 0.1) is 10.6 Å². The molecule has 0 fully saturated rings. The van der Waals surface area contributed by atoms with Gasteiger partial charge in [0.15, 0.2) is 9.84 Å². The first-order valence-electron chi connectivity index (χ1n) is 7.22. The Morgan fingerprint density at radius 2 is 1.83 bits per heavy atom. The summed E-state index contributed by atoms with van der Waals surface area (Å²) in [5.41, 5.74) is 1.91. The molecule has 0 amide bonds. The lowest BCUT2D eigenvalue weighted by Crippen LogP contribution is -2.12. The van der Waals surface area contributed by atoms with Gasteiger partial charge in [-0.1, -0.05) is 24.3 Å². The molecule has 2 rings (SSSR count). The summed E-state index contributed by atoms with van der Waals surface area (Å²) in [5.74, 6) is -0.255. The maximum Gasteiger partial charge on any atom is 0.177 e. The summed E-state index contributed by atoms with van der Waals surface area (Å²) in [6, 6.07) is 11.8. The van der Waals surface area contributed by atoms with Gasteiger partial charge < -0.3 is 10.2 Å². The van der Waals surface area contributed by atoms with Crippen LogP contribution in [0, 0.1) is 5.82 Å². The van der Waals surface area contributed by atoms with Crippen molar-refractivity contribution in [2.24, 2.45) is 0 Å². The van der Waals surface area contributed by atoms with Crippen molar-refractivity contribution in [2.45, 2.75) is 18.0 Å². The van der Waals surface area contributed by atoms with Crippen molar-refractivity contribution < 1.29 is 12.8 Å². The van der Waals surface area contributed by atoms with Gasteiger partial charge in [-0.3, -0.25) is 0 Å². The third kappa shape index (κ3) is 4.77. The first kappa shape index (κ1) is 17.4. The van der Waals surface area contributed by atoms with Crippen molar-refractivity contribution in [1.82, 2.24) is 4.90 Å². The molecule has 0 unspecified atom stereocenters. The zero-order valence-corrected chi connectivity index (χ0v) is 14.3. The monoisotopic (exact) mass is 336 g/mol. The molecule has 0 saturated carbocycles. The van der Waals surface area contributed by atoms with Crippen molar-refractivity contribution in [3.8, 4) is 0 Å². The van der Waals surface area contributed by atoms with Crippen LogP contribution < -0.4 is 5.32 Å². The lowest BCUT2D eigenvalue weighted by atomic mass is 10.1. The molecule has 0 spiro atoms. The van der Waals surface area contributed by atoms with E-state index in [1.54, 1.807) is 30.3 Å². The van der Waals surface area contributed by atoms with E-state index in [0.717, 1.165) is 5.56 Å². The molecule has 124 valence electrons. The number of rotatable bonds is 6. The summed E-state index contributed by atoms with van der Waals surface area (Å²) >= 11 is 0.